The molecule has 2 aliphatic rings. The first-order valence-corrected chi connectivity index (χ1v) is 7.40. The molecule has 5 heteroatoms. The summed E-state index contributed by atoms with van der Waals surface area (Å²) in [6, 6.07) is 4.87. The molecule has 0 aromatic carbocycles. The molecule has 1 saturated heterocycles. The normalized spacial score (nSPS) is 20.9. The SMILES string of the molecule is CCc1ccc([C@@H](CC2CC2)N2CCNCC2)o1.Cl.Cl. The molecule has 116 valence electrons. The van der Waals surface area contributed by atoms with E-state index in [4.69, 9.17) is 4.42 Å². The first kappa shape index (κ1) is 17.8. The predicted molar refractivity (Wildman–Crippen MR) is 87.1 cm³/mol. The molecule has 1 aromatic rings. The minimum Gasteiger partial charge on any atom is -0.464 e. The van der Waals surface area contributed by atoms with E-state index in [9.17, 15) is 0 Å². The topological polar surface area (TPSA) is 28.4 Å². The van der Waals surface area contributed by atoms with Gasteiger partial charge in [0, 0.05) is 32.6 Å². The lowest BCUT2D eigenvalue weighted by Gasteiger charge is -2.34. The molecule has 1 aliphatic carbocycles. The highest BCUT2D eigenvalue weighted by atomic mass is 35.5. The monoisotopic (exact) mass is 320 g/mol. The van der Waals surface area contributed by atoms with Crippen molar-refractivity contribution in [2.75, 3.05) is 26.2 Å². The molecule has 0 bridgehead atoms. The van der Waals surface area contributed by atoms with Crippen molar-refractivity contribution in [2.24, 2.45) is 5.92 Å². The van der Waals surface area contributed by atoms with Gasteiger partial charge in [0.25, 0.3) is 0 Å². The smallest absolute Gasteiger partial charge is 0.121 e. The summed E-state index contributed by atoms with van der Waals surface area (Å²) in [5.74, 6) is 3.27. The molecule has 20 heavy (non-hydrogen) atoms. The van der Waals surface area contributed by atoms with E-state index in [1.165, 1.54) is 25.0 Å². The Labute approximate surface area is 134 Å². The van der Waals surface area contributed by atoms with Crippen molar-refractivity contribution in [3.8, 4) is 0 Å². The summed E-state index contributed by atoms with van der Waals surface area (Å²) in [5, 5.41) is 3.43. The van der Waals surface area contributed by atoms with Crippen LogP contribution in [0.4, 0.5) is 0 Å². The maximum Gasteiger partial charge on any atom is 0.121 e. The van der Waals surface area contributed by atoms with E-state index in [0.29, 0.717) is 6.04 Å². The molecule has 1 N–H and O–H groups in total. The Balaban J connectivity index is 0.000001000. The van der Waals surface area contributed by atoms with E-state index in [1.54, 1.807) is 0 Å². The molecule has 2 heterocycles. The summed E-state index contributed by atoms with van der Waals surface area (Å²) in [4.78, 5) is 2.60. The predicted octanol–water partition coefficient (Wildman–Crippen LogP) is 3.43. The first-order valence-electron chi connectivity index (χ1n) is 7.40. The lowest BCUT2D eigenvalue weighted by Crippen LogP contribution is -2.45. The van der Waals surface area contributed by atoms with Gasteiger partial charge in [-0.05, 0) is 24.5 Å². The summed E-state index contributed by atoms with van der Waals surface area (Å²) in [7, 11) is 0. The van der Waals surface area contributed by atoms with Gasteiger partial charge in [-0.25, -0.2) is 0 Å². The van der Waals surface area contributed by atoms with Gasteiger partial charge in [-0.3, -0.25) is 4.90 Å². The molecule has 3 nitrogen and oxygen atoms in total. The third-order valence-corrected chi connectivity index (χ3v) is 4.21. The Kier molecular flexibility index (Phi) is 7.38. The minimum atomic E-state index is 0. The van der Waals surface area contributed by atoms with E-state index >= 15 is 0 Å². The summed E-state index contributed by atoms with van der Waals surface area (Å²) in [6.07, 6.45) is 5.13. The minimum absolute atomic E-state index is 0. The van der Waals surface area contributed by atoms with Crippen molar-refractivity contribution in [1.29, 1.82) is 0 Å². The second kappa shape index (κ2) is 8.28. The Morgan fingerprint density at radius 3 is 2.50 bits per heavy atom. The lowest BCUT2D eigenvalue weighted by atomic mass is 10.1. The van der Waals surface area contributed by atoms with Crippen molar-refractivity contribution in [3.05, 3.63) is 23.7 Å². The lowest BCUT2D eigenvalue weighted by molar-refractivity contribution is 0.140. The van der Waals surface area contributed by atoms with Gasteiger partial charge in [0.2, 0.25) is 0 Å². The number of halogens is 2. The zero-order valence-corrected chi connectivity index (χ0v) is 13.8. The number of aryl methyl sites for hydroxylation is 1. The number of piperazine rings is 1. The van der Waals surface area contributed by atoms with Crippen LogP contribution < -0.4 is 5.32 Å². The van der Waals surface area contributed by atoms with Crippen LogP contribution in [0.5, 0.6) is 0 Å². The van der Waals surface area contributed by atoms with Crippen LogP contribution in [-0.2, 0) is 6.42 Å². The maximum absolute atomic E-state index is 6.01. The highest BCUT2D eigenvalue weighted by Gasteiger charge is 2.32. The average molecular weight is 321 g/mol. The van der Waals surface area contributed by atoms with E-state index in [1.807, 2.05) is 0 Å². The fourth-order valence-corrected chi connectivity index (χ4v) is 2.87. The maximum atomic E-state index is 6.01. The van der Waals surface area contributed by atoms with Crippen molar-refractivity contribution in [1.82, 2.24) is 10.2 Å². The van der Waals surface area contributed by atoms with Gasteiger partial charge in [-0.2, -0.15) is 0 Å². The Hall–Kier alpha value is -0.220. The summed E-state index contributed by atoms with van der Waals surface area (Å²) >= 11 is 0. The zero-order valence-electron chi connectivity index (χ0n) is 12.1. The van der Waals surface area contributed by atoms with Gasteiger partial charge < -0.3 is 9.73 Å². The second-order valence-corrected chi connectivity index (χ2v) is 5.64. The van der Waals surface area contributed by atoms with Crippen LogP contribution in [0.2, 0.25) is 0 Å². The third-order valence-electron chi connectivity index (χ3n) is 4.21. The van der Waals surface area contributed by atoms with Crippen LogP contribution in [0.1, 0.15) is 43.7 Å². The number of nitrogens with zero attached hydrogens (tertiary/aromatic N) is 1. The van der Waals surface area contributed by atoms with Crippen molar-refractivity contribution in [3.63, 3.8) is 0 Å². The highest BCUT2D eigenvalue weighted by Crippen LogP contribution is 2.40. The third kappa shape index (κ3) is 4.39. The van der Waals surface area contributed by atoms with Gasteiger partial charge in [0.05, 0.1) is 6.04 Å². The van der Waals surface area contributed by atoms with Crippen LogP contribution >= 0.6 is 24.8 Å². The summed E-state index contributed by atoms with van der Waals surface area (Å²) in [6.45, 7) is 6.69. The fraction of sp³-hybridized carbons (Fsp3) is 0.733. The molecule has 0 spiro atoms. The van der Waals surface area contributed by atoms with Crippen LogP contribution in [0.3, 0.4) is 0 Å². The second-order valence-electron chi connectivity index (χ2n) is 5.64. The molecule has 0 radical (unpaired) electrons. The quantitative estimate of drug-likeness (QED) is 0.901. The number of furan rings is 1. The van der Waals surface area contributed by atoms with Gasteiger partial charge in [-0.1, -0.05) is 19.8 Å². The van der Waals surface area contributed by atoms with Crippen molar-refractivity contribution in [2.45, 2.75) is 38.6 Å². The summed E-state index contributed by atoms with van der Waals surface area (Å²) < 4.78 is 6.01. The van der Waals surface area contributed by atoms with Crippen molar-refractivity contribution < 1.29 is 4.42 Å². The molecule has 1 aromatic heterocycles. The number of hydrogen-bond acceptors (Lipinski definition) is 3. The van der Waals surface area contributed by atoms with Gasteiger partial charge in [0.1, 0.15) is 11.5 Å². The van der Waals surface area contributed by atoms with Crippen LogP contribution in [-0.4, -0.2) is 31.1 Å². The van der Waals surface area contributed by atoms with Gasteiger partial charge in [0.15, 0.2) is 0 Å². The standard InChI is InChI=1S/C15H24N2O.2ClH/c1-2-13-5-6-15(18-13)14(11-12-3-4-12)17-9-7-16-8-10-17;;/h5-6,12,14,16H,2-4,7-11H2,1H3;2*1H/t14-;;/m1../s1. The first-order chi connectivity index (χ1) is 8.86. The Morgan fingerprint density at radius 2 is 1.95 bits per heavy atom. The van der Waals surface area contributed by atoms with Gasteiger partial charge >= 0.3 is 0 Å². The molecule has 3 rings (SSSR count). The van der Waals surface area contributed by atoms with E-state index in [-0.39, 0.29) is 24.8 Å². The van der Waals surface area contributed by atoms with E-state index in [0.717, 1.165) is 44.3 Å². The van der Waals surface area contributed by atoms with Crippen molar-refractivity contribution >= 4 is 24.8 Å². The largest absolute Gasteiger partial charge is 0.464 e. The van der Waals surface area contributed by atoms with Crippen LogP contribution in [0.15, 0.2) is 16.5 Å². The summed E-state index contributed by atoms with van der Waals surface area (Å²) in [5.41, 5.74) is 0. The van der Waals surface area contributed by atoms with Crippen LogP contribution in [0, 0.1) is 5.92 Å². The number of nitrogens with one attached hydrogen (secondary N) is 1. The number of rotatable bonds is 5. The van der Waals surface area contributed by atoms with Crippen LogP contribution in [0.25, 0.3) is 0 Å². The zero-order chi connectivity index (χ0) is 12.4. The molecule has 1 saturated carbocycles. The van der Waals surface area contributed by atoms with E-state index < -0.39 is 0 Å². The molecule has 1 atom stereocenters. The Morgan fingerprint density at radius 1 is 1.25 bits per heavy atom. The average Bonchev–Trinajstić information content (AvgIpc) is 3.12. The molecule has 0 unspecified atom stereocenters. The molecule has 0 amide bonds. The Bertz CT molecular complexity index is 387. The molecule has 2 fully saturated rings. The molecule has 1 aliphatic heterocycles. The van der Waals surface area contributed by atoms with Gasteiger partial charge in [-0.15, -0.1) is 24.8 Å². The highest BCUT2D eigenvalue weighted by molar-refractivity contribution is 5.85. The molecular weight excluding hydrogens is 295 g/mol. The fourth-order valence-electron chi connectivity index (χ4n) is 2.87. The molecular formula is C15H26Cl2N2O. The van der Waals surface area contributed by atoms with E-state index in [2.05, 4.69) is 29.3 Å². The number of hydrogen-bond donors (Lipinski definition) is 1.